The van der Waals surface area contributed by atoms with Gasteiger partial charge in [0.05, 0.1) is 0 Å². The van der Waals surface area contributed by atoms with E-state index in [4.69, 9.17) is 9.47 Å². The molecule has 1 fully saturated rings. The van der Waals surface area contributed by atoms with Crippen molar-refractivity contribution < 1.29 is 9.47 Å². The van der Waals surface area contributed by atoms with Gasteiger partial charge in [0, 0.05) is 46.6 Å². The molecule has 24 heavy (non-hydrogen) atoms. The van der Waals surface area contributed by atoms with E-state index in [2.05, 4.69) is 29.5 Å². The zero-order valence-corrected chi connectivity index (χ0v) is 16.2. The Hall–Kier alpha value is -0.810. The number of rotatable bonds is 13. The lowest BCUT2D eigenvalue weighted by molar-refractivity contribution is 0.105. The van der Waals surface area contributed by atoms with E-state index in [1.807, 2.05) is 7.05 Å². The third-order valence-electron chi connectivity index (χ3n) is 4.90. The molecule has 5 heteroatoms. The van der Waals surface area contributed by atoms with E-state index in [9.17, 15) is 0 Å². The first-order valence-electron chi connectivity index (χ1n) is 9.86. The standard InChI is InChI=1S/C19H39N3O2/c1-4-6-14-24-15-9-13-21-18(20-3)22-17-19(10-7-8-11-19)12-16-23-5-2/h4-17H2,1-3H3,(H2,20,21,22). The minimum atomic E-state index is 0.385. The lowest BCUT2D eigenvalue weighted by Gasteiger charge is -2.30. The molecule has 0 aromatic rings. The van der Waals surface area contributed by atoms with Gasteiger partial charge in [0.2, 0.25) is 0 Å². The van der Waals surface area contributed by atoms with E-state index >= 15 is 0 Å². The van der Waals surface area contributed by atoms with Crippen molar-refractivity contribution in [3.8, 4) is 0 Å². The van der Waals surface area contributed by atoms with E-state index < -0.39 is 0 Å². The molecule has 0 spiro atoms. The SMILES string of the molecule is CCCCOCCCNC(=NC)NCC1(CCOCC)CCCC1. The van der Waals surface area contributed by atoms with Crippen molar-refractivity contribution in [1.29, 1.82) is 0 Å². The van der Waals surface area contributed by atoms with Gasteiger partial charge in [-0.1, -0.05) is 26.2 Å². The first kappa shape index (κ1) is 21.2. The van der Waals surface area contributed by atoms with Gasteiger partial charge in [-0.05, 0) is 44.4 Å². The number of unbranched alkanes of at least 4 members (excludes halogenated alkanes) is 1. The highest BCUT2D eigenvalue weighted by Gasteiger charge is 2.33. The second-order valence-corrected chi connectivity index (χ2v) is 6.83. The fourth-order valence-electron chi connectivity index (χ4n) is 3.29. The van der Waals surface area contributed by atoms with Crippen LogP contribution in [0.2, 0.25) is 0 Å². The monoisotopic (exact) mass is 341 g/mol. The Morgan fingerprint density at radius 2 is 1.75 bits per heavy atom. The smallest absolute Gasteiger partial charge is 0.190 e. The molecule has 0 atom stereocenters. The Balaban J connectivity index is 2.21. The van der Waals surface area contributed by atoms with E-state index in [-0.39, 0.29) is 0 Å². The van der Waals surface area contributed by atoms with E-state index in [1.165, 1.54) is 32.1 Å². The second-order valence-electron chi connectivity index (χ2n) is 6.83. The fourth-order valence-corrected chi connectivity index (χ4v) is 3.29. The first-order valence-corrected chi connectivity index (χ1v) is 9.86. The molecule has 2 N–H and O–H groups in total. The number of aliphatic imine (C=N–C) groups is 1. The molecule has 1 aliphatic carbocycles. The van der Waals surface area contributed by atoms with Crippen LogP contribution in [-0.2, 0) is 9.47 Å². The Morgan fingerprint density at radius 1 is 1.00 bits per heavy atom. The largest absolute Gasteiger partial charge is 0.382 e. The molecule has 0 saturated heterocycles. The summed E-state index contributed by atoms with van der Waals surface area (Å²) in [6, 6.07) is 0. The van der Waals surface area contributed by atoms with Crippen LogP contribution in [0, 0.1) is 5.41 Å². The summed E-state index contributed by atoms with van der Waals surface area (Å²) in [5, 5.41) is 6.93. The van der Waals surface area contributed by atoms with Crippen molar-refractivity contribution in [2.75, 3.05) is 46.6 Å². The van der Waals surface area contributed by atoms with Crippen molar-refractivity contribution >= 4 is 5.96 Å². The molecule has 1 aliphatic rings. The van der Waals surface area contributed by atoms with Crippen molar-refractivity contribution in [2.45, 2.75) is 65.2 Å². The van der Waals surface area contributed by atoms with Gasteiger partial charge < -0.3 is 20.1 Å². The van der Waals surface area contributed by atoms with Crippen molar-refractivity contribution in [2.24, 2.45) is 10.4 Å². The predicted octanol–water partition coefficient (Wildman–Crippen LogP) is 3.35. The normalized spacial score (nSPS) is 17.2. The number of nitrogens with zero attached hydrogens (tertiary/aromatic N) is 1. The summed E-state index contributed by atoms with van der Waals surface area (Å²) in [6.07, 6.45) is 9.80. The van der Waals surface area contributed by atoms with Crippen LogP contribution in [0.15, 0.2) is 4.99 Å². The summed E-state index contributed by atoms with van der Waals surface area (Å²) < 4.78 is 11.2. The third-order valence-corrected chi connectivity index (χ3v) is 4.90. The molecule has 0 aliphatic heterocycles. The van der Waals surface area contributed by atoms with Gasteiger partial charge in [-0.2, -0.15) is 0 Å². The van der Waals surface area contributed by atoms with Crippen LogP contribution in [-0.4, -0.2) is 52.5 Å². The Labute approximate surface area is 149 Å². The summed E-state index contributed by atoms with van der Waals surface area (Å²) in [7, 11) is 1.84. The van der Waals surface area contributed by atoms with Crippen molar-refractivity contribution in [1.82, 2.24) is 10.6 Å². The van der Waals surface area contributed by atoms with Gasteiger partial charge in [0.25, 0.3) is 0 Å². The van der Waals surface area contributed by atoms with Crippen LogP contribution in [0.5, 0.6) is 0 Å². The molecule has 0 bridgehead atoms. The quantitative estimate of drug-likeness (QED) is 0.306. The number of hydrogen-bond acceptors (Lipinski definition) is 3. The Morgan fingerprint density at radius 3 is 2.42 bits per heavy atom. The first-order chi connectivity index (χ1) is 11.8. The summed E-state index contributed by atoms with van der Waals surface area (Å²) in [6.45, 7) is 9.54. The highest BCUT2D eigenvalue weighted by Crippen LogP contribution is 2.40. The number of guanidine groups is 1. The van der Waals surface area contributed by atoms with Gasteiger partial charge in [0.15, 0.2) is 5.96 Å². The number of ether oxygens (including phenoxy) is 2. The predicted molar refractivity (Wildman–Crippen MR) is 102 cm³/mol. The molecule has 1 saturated carbocycles. The van der Waals surface area contributed by atoms with Crippen LogP contribution < -0.4 is 10.6 Å². The maximum Gasteiger partial charge on any atom is 0.190 e. The van der Waals surface area contributed by atoms with E-state index in [0.717, 1.165) is 64.7 Å². The third kappa shape index (κ3) is 8.88. The molecule has 0 unspecified atom stereocenters. The van der Waals surface area contributed by atoms with E-state index in [0.29, 0.717) is 5.41 Å². The van der Waals surface area contributed by atoms with Gasteiger partial charge in [-0.15, -0.1) is 0 Å². The highest BCUT2D eigenvalue weighted by molar-refractivity contribution is 5.79. The fraction of sp³-hybridized carbons (Fsp3) is 0.947. The Bertz CT molecular complexity index is 329. The van der Waals surface area contributed by atoms with Gasteiger partial charge in [0.1, 0.15) is 0 Å². The summed E-state index contributed by atoms with van der Waals surface area (Å²) in [4.78, 5) is 4.35. The van der Waals surface area contributed by atoms with Gasteiger partial charge >= 0.3 is 0 Å². The highest BCUT2D eigenvalue weighted by atomic mass is 16.5. The molecule has 0 radical (unpaired) electrons. The minimum Gasteiger partial charge on any atom is -0.382 e. The lowest BCUT2D eigenvalue weighted by atomic mass is 9.83. The average Bonchev–Trinajstić information content (AvgIpc) is 3.06. The Kier molecular flexibility index (Phi) is 11.9. The van der Waals surface area contributed by atoms with E-state index in [1.54, 1.807) is 0 Å². The van der Waals surface area contributed by atoms with Crippen molar-refractivity contribution in [3.05, 3.63) is 0 Å². The molecule has 1 rings (SSSR count). The second kappa shape index (κ2) is 13.5. The van der Waals surface area contributed by atoms with Crippen molar-refractivity contribution in [3.63, 3.8) is 0 Å². The molecular formula is C19H39N3O2. The van der Waals surface area contributed by atoms with Gasteiger partial charge in [-0.3, -0.25) is 4.99 Å². The topological polar surface area (TPSA) is 54.9 Å². The zero-order valence-electron chi connectivity index (χ0n) is 16.2. The van der Waals surface area contributed by atoms with Crippen LogP contribution in [0.4, 0.5) is 0 Å². The maximum absolute atomic E-state index is 5.59. The molecule has 142 valence electrons. The number of hydrogen-bond donors (Lipinski definition) is 2. The van der Waals surface area contributed by atoms with Crippen LogP contribution in [0.25, 0.3) is 0 Å². The molecule has 0 aromatic heterocycles. The van der Waals surface area contributed by atoms with Crippen LogP contribution in [0.1, 0.15) is 65.2 Å². The zero-order chi connectivity index (χ0) is 17.5. The molecule has 0 aromatic carbocycles. The van der Waals surface area contributed by atoms with Crippen LogP contribution in [0.3, 0.4) is 0 Å². The molecule has 0 heterocycles. The van der Waals surface area contributed by atoms with Gasteiger partial charge in [-0.25, -0.2) is 0 Å². The molecular weight excluding hydrogens is 302 g/mol. The summed E-state index contributed by atoms with van der Waals surface area (Å²) >= 11 is 0. The maximum atomic E-state index is 5.59. The van der Waals surface area contributed by atoms with Crippen LogP contribution >= 0.6 is 0 Å². The average molecular weight is 342 g/mol. The summed E-state index contributed by atoms with van der Waals surface area (Å²) in [5.74, 6) is 0.909. The lowest BCUT2D eigenvalue weighted by Crippen LogP contribution is -2.43. The minimum absolute atomic E-state index is 0.385. The molecule has 0 amide bonds. The number of nitrogens with one attached hydrogen (secondary N) is 2. The summed E-state index contributed by atoms with van der Waals surface area (Å²) in [5.41, 5.74) is 0.385. The molecule has 5 nitrogen and oxygen atoms in total.